The molecule has 0 aliphatic carbocycles. The summed E-state index contributed by atoms with van der Waals surface area (Å²) >= 11 is 3.49. The maximum atomic E-state index is 5.50. The number of nitrogens with one attached hydrogen (secondary N) is 1. The van der Waals surface area contributed by atoms with Crippen LogP contribution in [-0.4, -0.2) is 6.54 Å². The van der Waals surface area contributed by atoms with Crippen LogP contribution in [0.5, 0.6) is 0 Å². The summed E-state index contributed by atoms with van der Waals surface area (Å²) in [5.74, 6) is 0. The molecule has 0 bridgehead atoms. The van der Waals surface area contributed by atoms with Crippen LogP contribution in [0.15, 0.2) is 39.6 Å². The Morgan fingerprint density at radius 3 is 2.85 bits per heavy atom. The molecular formula is C16H18BrNO2. The fraction of sp³-hybridized carbons (Fsp3) is 0.375. The van der Waals surface area contributed by atoms with Crippen molar-refractivity contribution in [2.24, 2.45) is 0 Å². The van der Waals surface area contributed by atoms with Crippen LogP contribution in [0.4, 0.5) is 0 Å². The first-order valence-electron chi connectivity index (χ1n) is 6.95. The molecule has 1 aliphatic rings. The molecule has 20 heavy (non-hydrogen) atoms. The lowest BCUT2D eigenvalue weighted by molar-refractivity contribution is 0.134. The minimum Gasteiger partial charge on any atom is -0.457 e. The number of rotatable bonds is 5. The molecule has 1 aromatic carbocycles. The Hall–Kier alpha value is -1.10. The summed E-state index contributed by atoms with van der Waals surface area (Å²) in [5.41, 5.74) is 4.99. The van der Waals surface area contributed by atoms with Crippen molar-refractivity contribution >= 4 is 15.9 Å². The summed E-state index contributed by atoms with van der Waals surface area (Å²) in [6.07, 6.45) is 2.82. The summed E-state index contributed by atoms with van der Waals surface area (Å²) in [7, 11) is 0. The van der Waals surface area contributed by atoms with Gasteiger partial charge >= 0.3 is 0 Å². The number of benzene rings is 1. The number of halogens is 1. The second-order valence-electron chi connectivity index (χ2n) is 5.06. The molecule has 0 fully saturated rings. The maximum Gasteiger partial charge on any atom is 0.174 e. The molecule has 0 saturated heterocycles. The van der Waals surface area contributed by atoms with Crippen LogP contribution in [0.25, 0.3) is 0 Å². The molecule has 0 saturated carbocycles. The van der Waals surface area contributed by atoms with Crippen LogP contribution in [0.3, 0.4) is 0 Å². The molecule has 0 radical (unpaired) electrons. The van der Waals surface area contributed by atoms with Crippen LogP contribution < -0.4 is 5.32 Å². The van der Waals surface area contributed by atoms with Crippen molar-refractivity contribution in [3.63, 3.8) is 0 Å². The lowest BCUT2D eigenvalue weighted by atomic mass is 9.97. The lowest BCUT2D eigenvalue weighted by Crippen LogP contribution is -2.23. The normalized spacial score (nSPS) is 15.3. The third kappa shape index (κ3) is 2.68. The van der Waals surface area contributed by atoms with Crippen molar-refractivity contribution in [3.8, 4) is 0 Å². The van der Waals surface area contributed by atoms with Gasteiger partial charge in [-0.1, -0.05) is 25.1 Å². The second-order valence-corrected chi connectivity index (χ2v) is 5.78. The van der Waals surface area contributed by atoms with E-state index in [0.717, 1.165) is 36.4 Å². The van der Waals surface area contributed by atoms with Gasteiger partial charge in [0, 0.05) is 5.56 Å². The molecule has 1 atom stereocenters. The second kappa shape index (κ2) is 6.12. The van der Waals surface area contributed by atoms with E-state index in [1.165, 1.54) is 16.7 Å². The SMILES string of the molecule is CCCNC(c1ccc2c(c1)COC2)c1ccoc1Br. The minimum absolute atomic E-state index is 0.147. The Morgan fingerprint density at radius 1 is 1.25 bits per heavy atom. The van der Waals surface area contributed by atoms with Gasteiger partial charge in [-0.2, -0.15) is 0 Å². The largest absolute Gasteiger partial charge is 0.457 e. The molecule has 4 heteroatoms. The zero-order valence-electron chi connectivity index (χ0n) is 11.5. The molecule has 2 heterocycles. The van der Waals surface area contributed by atoms with Gasteiger partial charge < -0.3 is 14.5 Å². The summed E-state index contributed by atoms with van der Waals surface area (Å²) in [6.45, 7) is 4.59. The molecule has 3 rings (SSSR count). The van der Waals surface area contributed by atoms with E-state index in [0.29, 0.717) is 0 Å². The van der Waals surface area contributed by atoms with E-state index in [-0.39, 0.29) is 6.04 Å². The summed E-state index contributed by atoms with van der Waals surface area (Å²) in [4.78, 5) is 0. The molecule has 0 amide bonds. The van der Waals surface area contributed by atoms with Gasteiger partial charge in [-0.25, -0.2) is 0 Å². The predicted molar refractivity (Wildman–Crippen MR) is 81.5 cm³/mol. The Balaban J connectivity index is 1.94. The predicted octanol–water partition coefficient (Wildman–Crippen LogP) is 4.16. The van der Waals surface area contributed by atoms with Gasteiger partial charge in [0.05, 0.1) is 25.5 Å². The molecule has 1 aromatic heterocycles. The number of hydrogen-bond donors (Lipinski definition) is 1. The number of hydrogen-bond acceptors (Lipinski definition) is 3. The van der Waals surface area contributed by atoms with E-state index in [1.54, 1.807) is 6.26 Å². The van der Waals surface area contributed by atoms with Crippen molar-refractivity contribution in [1.29, 1.82) is 0 Å². The zero-order valence-corrected chi connectivity index (χ0v) is 13.1. The van der Waals surface area contributed by atoms with Crippen molar-refractivity contribution in [1.82, 2.24) is 5.32 Å². The van der Waals surface area contributed by atoms with Crippen LogP contribution in [0.1, 0.15) is 41.6 Å². The van der Waals surface area contributed by atoms with Gasteiger partial charge in [0.1, 0.15) is 0 Å². The monoisotopic (exact) mass is 335 g/mol. The maximum absolute atomic E-state index is 5.50. The first-order chi connectivity index (χ1) is 9.79. The number of ether oxygens (including phenoxy) is 1. The molecule has 1 aliphatic heterocycles. The smallest absolute Gasteiger partial charge is 0.174 e. The van der Waals surface area contributed by atoms with Crippen LogP contribution >= 0.6 is 15.9 Å². The zero-order chi connectivity index (χ0) is 13.9. The minimum atomic E-state index is 0.147. The van der Waals surface area contributed by atoms with E-state index in [9.17, 15) is 0 Å². The van der Waals surface area contributed by atoms with E-state index >= 15 is 0 Å². The average Bonchev–Trinajstić information content (AvgIpc) is 3.08. The molecular weight excluding hydrogens is 318 g/mol. The molecule has 0 spiro atoms. The van der Waals surface area contributed by atoms with Crippen molar-refractivity contribution in [3.05, 3.63) is 57.5 Å². The van der Waals surface area contributed by atoms with Crippen molar-refractivity contribution in [2.45, 2.75) is 32.6 Å². The van der Waals surface area contributed by atoms with Crippen LogP contribution in [-0.2, 0) is 18.0 Å². The first-order valence-corrected chi connectivity index (χ1v) is 7.74. The van der Waals surface area contributed by atoms with E-state index in [4.69, 9.17) is 9.15 Å². The Bertz CT molecular complexity index is 594. The van der Waals surface area contributed by atoms with Crippen molar-refractivity contribution in [2.75, 3.05) is 6.54 Å². The molecule has 1 unspecified atom stereocenters. The van der Waals surface area contributed by atoms with Gasteiger partial charge in [-0.3, -0.25) is 0 Å². The highest BCUT2D eigenvalue weighted by Crippen LogP contribution is 2.32. The summed E-state index contributed by atoms with van der Waals surface area (Å²) < 4.78 is 11.7. The Kier molecular flexibility index (Phi) is 4.24. The van der Waals surface area contributed by atoms with Gasteiger partial charge in [-0.15, -0.1) is 0 Å². The highest BCUT2D eigenvalue weighted by molar-refractivity contribution is 9.10. The van der Waals surface area contributed by atoms with E-state index < -0.39 is 0 Å². The fourth-order valence-corrected chi connectivity index (χ4v) is 3.05. The van der Waals surface area contributed by atoms with Crippen molar-refractivity contribution < 1.29 is 9.15 Å². The molecule has 3 nitrogen and oxygen atoms in total. The summed E-state index contributed by atoms with van der Waals surface area (Å²) in [6, 6.07) is 8.76. The number of fused-ring (bicyclic) bond motifs is 1. The highest BCUT2D eigenvalue weighted by atomic mass is 79.9. The topological polar surface area (TPSA) is 34.4 Å². The van der Waals surface area contributed by atoms with E-state index in [2.05, 4.69) is 46.4 Å². The molecule has 2 aromatic rings. The Labute approximate surface area is 127 Å². The molecule has 1 N–H and O–H groups in total. The quantitative estimate of drug-likeness (QED) is 0.890. The van der Waals surface area contributed by atoms with Gasteiger partial charge in [-0.05, 0) is 51.7 Å². The van der Waals surface area contributed by atoms with E-state index in [1.807, 2.05) is 6.07 Å². The first kappa shape index (κ1) is 13.9. The van der Waals surface area contributed by atoms with Crippen LogP contribution in [0.2, 0.25) is 0 Å². The average molecular weight is 336 g/mol. The standard InChI is InChI=1S/C16H18BrNO2/c1-2-6-18-15(14-5-7-20-16(14)17)11-3-4-12-9-19-10-13(12)8-11/h3-5,7-8,15,18H,2,6,9-10H2,1H3. The lowest BCUT2D eigenvalue weighted by Gasteiger charge is -2.19. The van der Waals surface area contributed by atoms with Crippen LogP contribution in [0, 0.1) is 0 Å². The Morgan fingerprint density at radius 2 is 2.10 bits per heavy atom. The highest BCUT2D eigenvalue weighted by Gasteiger charge is 2.20. The van der Waals surface area contributed by atoms with Gasteiger partial charge in [0.25, 0.3) is 0 Å². The summed E-state index contributed by atoms with van der Waals surface area (Å²) in [5, 5.41) is 3.59. The van der Waals surface area contributed by atoms with Gasteiger partial charge in [0.2, 0.25) is 0 Å². The third-order valence-corrected chi connectivity index (χ3v) is 4.28. The third-order valence-electron chi connectivity index (χ3n) is 3.63. The molecule has 106 valence electrons. The number of furan rings is 1. The van der Waals surface area contributed by atoms with Gasteiger partial charge in [0.15, 0.2) is 4.67 Å². The fourth-order valence-electron chi connectivity index (χ4n) is 2.58.